The monoisotopic (exact) mass is 506 g/mol. The third-order valence-corrected chi connectivity index (χ3v) is 5.29. The van der Waals surface area contributed by atoms with Crippen molar-refractivity contribution in [2.75, 3.05) is 20.6 Å². The molecule has 0 saturated carbocycles. The first kappa shape index (κ1) is 23.2. The van der Waals surface area contributed by atoms with E-state index in [4.69, 9.17) is 0 Å². The molecule has 1 aliphatic rings. The minimum absolute atomic E-state index is 0. The van der Waals surface area contributed by atoms with Crippen LogP contribution in [0.5, 0.6) is 0 Å². The predicted molar refractivity (Wildman–Crippen MR) is 129 cm³/mol. The van der Waals surface area contributed by atoms with Gasteiger partial charge in [0, 0.05) is 46.7 Å². The number of benzene rings is 2. The zero-order chi connectivity index (χ0) is 19.9. The second-order valence-corrected chi connectivity index (χ2v) is 7.38. The number of halogens is 1. The highest BCUT2D eigenvalue weighted by molar-refractivity contribution is 14.0. The molecule has 1 heterocycles. The number of nitrogens with zero attached hydrogens (tertiary/aromatic N) is 3. The second-order valence-electron chi connectivity index (χ2n) is 7.38. The van der Waals surface area contributed by atoms with Crippen LogP contribution in [0.1, 0.15) is 35.1 Å². The Balaban J connectivity index is 0.00000300. The quantitative estimate of drug-likeness (QED) is 0.280. The first-order valence-electron chi connectivity index (χ1n) is 9.89. The number of amides is 1. The molecule has 0 fully saturated rings. The highest BCUT2D eigenvalue weighted by Crippen LogP contribution is 2.22. The number of fused-ring (bicyclic) bond motifs is 1. The number of nitrogens with one attached hydrogen (secondary N) is 1. The van der Waals surface area contributed by atoms with E-state index in [1.54, 1.807) is 7.05 Å². The van der Waals surface area contributed by atoms with Crippen LogP contribution in [0.25, 0.3) is 0 Å². The molecule has 0 aromatic heterocycles. The van der Waals surface area contributed by atoms with Gasteiger partial charge in [-0.25, -0.2) is 0 Å². The summed E-state index contributed by atoms with van der Waals surface area (Å²) in [6.07, 6.45) is 1.35. The maximum Gasteiger partial charge on any atom is 0.223 e. The van der Waals surface area contributed by atoms with Crippen molar-refractivity contribution in [3.05, 3.63) is 70.8 Å². The molecule has 0 radical (unpaired) electrons. The van der Waals surface area contributed by atoms with Crippen molar-refractivity contribution in [3.63, 3.8) is 0 Å². The van der Waals surface area contributed by atoms with Crippen molar-refractivity contribution in [2.24, 2.45) is 4.99 Å². The normalized spacial score (nSPS) is 12.9. The van der Waals surface area contributed by atoms with E-state index in [-0.39, 0.29) is 29.9 Å². The van der Waals surface area contributed by atoms with Crippen molar-refractivity contribution in [1.82, 2.24) is 15.1 Å². The molecular formula is C23H31IN4O. The smallest absolute Gasteiger partial charge is 0.223 e. The molecule has 0 atom stereocenters. The number of aliphatic imine (C=N–C) groups is 1. The van der Waals surface area contributed by atoms with E-state index in [0.717, 1.165) is 38.6 Å². The highest BCUT2D eigenvalue weighted by Gasteiger charge is 2.22. The Kier molecular flexibility index (Phi) is 8.95. The van der Waals surface area contributed by atoms with Gasteiger partial charge in [-0.2, -0.15) is 0 Å². The van der Waals surface area contributed by atoms with Crippen LogP contribution in [0, 0.1) is 6.92 Å². The van der Waals surface area contributed by atoms with Gasteiger partial charge in [-0.05, 0) is 35.6 Å². The van der Waals surface area contributed by atoms with Gasteiger partial charge in [-0.3, -0.25) is 9.79 Å². The number of carbonyl (C=O) groups is 1. The molecule has 2 aromatic rings. The van der Waals surface area contributed by atoms with Crippen molar-refractivity contribution in [3.8, 4) is 0 Å². The van der Waals surface area contributed by atoms with Crippen LogP contribution >= 0.6 is 24.0 Å². The maximum atomic E-state index is 12.5. The summed E-state index contributed by atoms with van der Waals surface area (Å²) in [5, 5.41) is 3.38. The zero-order valence-corrected chi connectivity index (χ0v) is 19.8. The van der Waals surface area contributed by atoms with Crippen molar-refractivity contribution in [1.29, 1.82) is 0 Å². The summed E-state index contributed by atoms with van der Waals surface area (Å²) >= 11 is 0. The second kappa shape index (κ2) is 11.2. The molecule has 0 bridgehead atoms. The number of guanidine groups is 1. The van der Waals surface area contributed by atoms with Crippen LogP contribution in [0.15, 0.2) is 53.5 Å². The molecule has 1 aliphatic heterocycles. The number of hydrogen-bond donors (Lipinski definition) is 1. The summed E-state index contributed by atoms with van der Waals surface area (Å²) in [6.45, 7) is 5.14. The Morgan fingerprint density at radius 1 is 1.10 bits per heavy atom. The fourth-order valence-electron chi connectivity index (χ4n) is 3.61. The van der Waals surface area contributed by atoms with Gasteiger partial charge in [0.2, 0.25) is 5.91 Å². The van der Waals surface area contributed by atoms with Crippen molar-refractivity contribution in [2.45, 2.75) is 39.4 Å². The third-order valence-electron chi connectivity index (χ3n) is 5.29. The lowest BCUT2D eigenvalue weighted by Gasteiger charge is -2.23. The molecule has 156 valence electrons. The van der Waals surface area contributed by atoms with Gasteiger partial charge in [0.15, 0.2) is 5.96 Å². The number of aryl methyl sites for hydroxylation is 1. The maximum absolute atomic E-state index is 12.5. The first-order valence-corrected chi connectivity index (χ1v) is 9.89. The standard InChI is InChI=1S/C23H30N4O.HI/c1-18-9-4-5-10-19(18)15-26(3)23(24-2)25-14-8-13-22(28)27-16-20-11-6-7-12-21(20)17-27;/h4-7,9-12H,8,13-17H2,1-3H3,(H,24,25);1H. The van der Waals surface area contributed by atoms with Crippen molar-refractivity contribution >= 4 is 35.8 Å². The third kappa shape index (κ3) is 6.19. The lowest BCUT2D eigenvalue weighted by atomic mass is 10.1. The van der Waals surface area contributed by atoms with Gasteiger partial charge < -0.3 is 15.1 Å². The molecule has 0 aliphatic carbocycles. The minimum Gasteiger partial charge on any atom is -0.356 e. The SMILES string of the molecule is CN=C(NCCCC(=O)N1Cc2ccccc2C1)N(C)Cc1ccccc1C.I. The fraction of sp³-hybridized carbons (Fsp3) is 0.391. The predicted octanol–water partition coefficient (Wildman–Crippen LogP) is 3.94. The van der Waals surface area contributed by atoms with Crippen LogP contribution in [-0.2, 0) is 24.4 Å². The van der Waals surface area contributed by atoms with Gasteiger partial charge in [0.1, 0.15) is 0 Å². The molecule has 5 nitrogen and oxygen atoms in total. The van der Waals surface area contributed by atoms with Crippen LogP contribution in [-0.4, -0.2) is 42.3 Å². The van der Waals surface area contributed by atoms with Crippen molar-refractivity contribution < 1.29 is 4.79 Å². The van der Waals surface area contributed by atoms with E-state index >= 15 is 0 Å². The molecule has 2 aromatic carbocycles. The summed E-state index contributed by atoms with van der Waals surface area (Å²) in [5.41, 5.74) is 5.11. The average molecular weight is 506 g/mol. The van der Waals surface area contributed by atoms with Crippen LogP contribution in [0.4, 0.5) is 0 Å². The highest BCUT2D eigenvalue weighted by atomic mass is 127. The van der Waals surface area contributed by atoms with Gasteiger partial charge in [-0.1, -0.05) is 48.5 Å². The molecule has 1 amide bonds. The Morgan fingerprint density at radius 2 is 1.72 bits per heavy atom. The lowest BCUT2D eigenvalue weighted by molar-refractivity contribution is -0.131. The van der Waals surface area contributed by atoms with Crippen LogP contribution < -0.4 is 5.32 Å². The molecule has 1 N–H and O–H groups in total. The fourth-order valence-corrected chi connectivity index (χ4v) is 3.61. The van der Waals surface area contributed by atoms with E-state index in [0.29, 0.717) is 6.42 Å². The summed E-state index contributed by atoms with van der Waals surface area (Å²) in [5.74, 6) is 1.07. The summed E-state index contributed by atoms with van der Waals surface area (Å²) in [4.78, 5) is 20.9. The summed E-state index contributed by atoms with van der Waals surface area (Å²) in [6, 6.07) is 16.7. The van der Waals surface area contributed by atoms with Crippen LogP contribution in [0.2, 0.25) is 0 Å². The van der Waals surface area contributed by atoms with Gasteiger partial charge in [0.25, 0.3) is 0 Å². The Hall–Kier alpha value is -2.09. The average Bonchev–Trinajstić information content (AvgIpc) is 3.14. The van der Waals surface area contributed by atoms with Gasteiger partial charge in [0.05, 0.1) is 0 Å². The van der Waals surface area contributed by atoms with E-state index in [9.17, 15) is 4.79 Å². The zero-order valence-electron chi connectivity index (χ0n) is 17.5. The van der Waals surface area contributed by atoms with E-state index < -0.39 is 0 Å². The van der Waals surface area contributed by atoms with Gasteiger partial charge >= 0.3 is 0 Å². The molecular weight excluding hydrogens is 475 g/mol. The van der Waals surface area contributed by atoms with E-state index in [1.807, 2.05) is 24.1 Å². The molecule has 6 heteroatoms. The summed E-state index contributed by atoms with van der Waals surface area (Å²) < 4.78 is 0. The number of rotatable bonds is 6. The first-order chi connectivity index (χ1) is 13.6. The number of carbonyl (C=O) groups excluding carboxylic acids is 1. The number of hydrogen-bond acceptors (Lipinski definition) is 2. The van der Waals surface area contributed by atoms with E-state index in [1.165, 1.54) is 22.3 Å². The Bertz CT molecular complexity index is 827. The molecule has 0 unspecified atom stereocenters. The molecule has 3 rings (SSSR count). The summed E-state index contributed by atoms with van der Waals surface area (Å²) in [7, 11) is 3.83. The molecule has 0 saturated heterocycles. The Morgan fingerprint density at radius 3 is 2.34 bits per heavy atom. The Labute approximate surface area is 191 Å². The van der Waals surface area contributed by atoms with Gasteiger partial charge in [-0.15, -0.1) is 24.0 Å². The molecule has 29 heavy (non-hydrogen) atoms. The lowest BCUT2D eigenvalue weighted by Crippen LogP contribution is -2.39. The topological polar surface area (TPSA) is 47.9 Å². The van der Waals surface area contributed by atoms with Crippen LogP contribution in [0.3, 0.4) is 0 Å². The van der Waals surface area contributed by atoms with E-state index in [2.05, 4.69) is 58.5 Å². The molecule has 0 spiro atoms. The minimum atomic E-state index is 0. The largest absolute Gasteiger partial charge is 0.356 e.